The van der Waals surface area contributed by atoms with Gasteiger partial charge in [-0.3, -0.25) is 5.32 Å². The number of imidazole rings is 1. The van der Waals surface area contributed by atoms with Crippen molar-refractivity contribution in [2.45, 2.75) is 6.61 Å². The lowest BCUT2D eigenvalue weighted by Crippen LogP contribution is -2.10. The van der Waals surface area contributed by atoms with Crippen LogP contribution in [0.5, 0.6) is 11.6 Å². The maximum atomic E-state index is 11.2. The summed E-state index contributed by atoms with van der Waals surface area (Å²) in [5, 5.41) is 6.78. The topological polar surface area (TPSA) is 87.0 Å². The molecule has 8 heteroatoms. The van der Waals surface area contributed by atoms with E-state index in [4.69, 9.17) is 9.47 Å². The molecule has 3 rings (SSSR count). The third kappa shape index (κ3) is 3.54. The van der Waals surface area contributed by atoms with Gasteiger partial charge in [0.05, 0.1) is 20.4 Å². The number of ether oxygens (including phenoxy) is 3. The molecule has 0 bridgehead atoms. The smallest absolute Gasteiger partial charge is 0.412 e. The van der Waals surface area contributed by atoms with Crippen LogP contribution in [0.1, 0.15) is 5.56 Å². The third-order valence-electron chi connectivity index (χ3n) is 3.23. The maximum Gasteiger partial charge on any atom is 0.412 e. The van der Waals surface area contributed by atoms with E-state index in [0.717, 1.165) is 11.3 Å². The molecule has 0 aliphatic rings. The van der Waals surface area contributed by atoms with Gasteiger partial charge >= 0.3 is 6.09 Å². The number of methoxy groups -OCH3 is 2. The molecule has 0 aliphatic heterocycles. The van der Waals surface area contributed by atoms with Crippen molar-refractivity contribution in [2.24, 2.45) is 0 Å². The highest BCUT2D eigenvalue weighted by atomic mass is 16.5. The van der Waals surface area contributed by atoms with Crippen LogP contribution in [0, 0.1) is 0 Å². The van der Waals surface area contributed by atoms with Crippen molar-refractivity contribution in [3.05, 3.63) is 48.2 Å². The second-order valence-electron chi connectivity index (χ2n) is 4.86. The fourth-order valence-corrected chi connectivity index (χ4v) is 2.08. The Labute approximate surface area is 138 Å². The lowest BCUT2D eigenvalue weighted by Gasteiger charge is -2.06. The summed E-state index contributed by atoms with van der Waals surface area (Å²) < 4.78 is 16.9. The van der Waals surface area contributed by atoms with Gasteiger partial charge in [0.2, 0.25) is 5.88 Å². The summed E-state index contributed by atoms with van der Waals surface area (Å²) in [6.07, 6.45) is 0.984. The average Bonchev–Trinajstić information content (AvgIpc) is 3.01. The van der Waals surface area contributed by atoms with Gasteiger partial charge in [-0.15, -0.1) is 5.10 Å². The third-order valence-corrected chi connectivity index (χ3v) is 3.23. The fourth-order valence-electron chi connectivity index (χ4n) is 2.08. The van der Waals surface area contributed by atoms with Crippen LogP contribution in [0.3, 0.4) is 0 Å². The molecular formula is C16H16N4O4. The highest BCUT2D eigenvalue weighted by Crippen LogP contribution is 2.16. The van der Waals surface area contributed by atoms with Crippen LogP contribution in [-0.2, 0) is 11.3 Å². The molecule has 3 aromatic rings. The number of aromatic nitrogens is 3. The number of hydrogen-bond donors (Lipinski definition) is 1. The minimum Gasteiger partial charge on any atom is -0.497 e. The van der Waals surface area contributed by atoms with Crippen molar-refractivity contribution in [3.8, 4) is 11.6 Å². The Hall–Kier alpha value is -3.29. The molecule has 124 valence electrons. The number of carbonyl (C=O) groups excluding carboxylic acids is 1. The highest BCUT2D eigenvalue weighted by molar-refractivity contribution is 5.83. The second kappa shape index (κ2) is 6.86. The Balaban J connectivity index is 1.71. The van der Waals surface area contributed by atoms with E-state index in [1.807, 2.05) is 24.3 Å². The normalized spacial score (nSPS) is 10.4. The van der Waals surface area contributed by atoms with Crippen LogP contribution in [0.2, 0.25) is 0 Å². The average molecular weight is 328 g/mol. The molecule has 8 nitrogen and oxygen atoms in total. The Morgan fingerprint density at radius 3 is 2.92 bits per heavy atom. The number of anilines is 1. The molecule has 1 N–H and O–H groups in total. The van der Waals surface area contributed by atoms with Crippen LogP contribution in [-0.4, -0.2) is 34.9 Å². The van der Waals surface area contributed by atoms with Crippen molar-refractivity contribution in [2.75, 3.05) is 19.5 Å². The summed E-state index contributed by atoms with van der Waals surface area (Å²) in [7, 11) is 2.91. The van der Waals surface area contributed by atoms with Crippen molar-refractivity contribution in [1.82, 2.24) is 14.6 Å². The largest absolute Gasteiger partial charge is 0.497 e. The summed E-state index contributed by atoms with van der Waals surface area (Å²) in [5.74, 6) is 1.55. The Morgan fingerprint density at radius 2 is 2.12 bits per heavy atom. The van der Waals surface area contributed by atoms with Gasteiger partial charge in [0, 0.05) is 6.07 Å². The lowest BCUT2D eigenvalue weighted by atomic mass is 10.2. The highest BCUT2D eigenvalue weighted by Gasteiger charge is 2.08. The van der Waals surface area contributed by atoms with Crippen molar-refractivity contribution in [3.63, 3.8) is 0 Å². The van der Waals surface area contributed by atoms with Crippen LogP contribution in [0.15, 0.2) is 42.6 Å². The molecule has 0 atom stereocenters. The molecule has 0 spiro atoms. The summed E-state index contributed by atoms with van der Waals surface area (Å²) in [4.78, 5) is 15.4. The van der Waals surface area contributed by atoms with Gasteiger partial charge < -0.3 is 14.2 Å². The van der Waals surface area contributed by atoms with Gasteiger partial charge in [0.15, 0.2) is 11.5 Å². The first-order chi connectivity index (χ1) is 11.7. The van der Waals surface area contributed by atoms with E-state index in [9.17, 15) is 4.79 Å². The Kier molecular flexibility index (Phi) is 4.46. The van der Waals surface area contributed by atoms with Gasteiger partial charge in [-0.2, -0.15) is 0 Å². The van der Waals surface area contributed by atoms with E-state index in [1.54, 1.807) is 25.4 Å². The number of nitrogens with zero attached hydrogens (tertiary/aromatic N) is 3. The minimum absolute atomic E-state index is 0.347. The number of rotatable bonds is 5. The van der Waals surface area contributed by atoms with E-state index < -0.39 is 6.09 Å². The zero-order chi connectivity index (χ0) is 16.9. The molecule has 0 saturated carbocycles. The first kappa shape index (κ1) is 15.6. The van der Waals surface area contributed by atoms with Crippen LogP contribution in [0.25, 0.3) is 5.65 Å². The van der Waals surface area contributed by atoms with Crippen LogP contribution >= 0.6 is 0 Å². The van der Waals surface area contributed by atoms with Crippen LogP contribution in [0.4, 0.5) is 10.6 Å². The predicted octanol–water partition coefficient (Wildman–Crippen LogP) is 2.50. The molecule has 2 aromatic heterocycles. The van der Waals surface area contributed by atoms with Gasteiger partial charge in [0.25, 0.3) is 0 Å². The van der Waals surface area contributed by atoms with E-state index in [-0.39, 0.29) is 0 Å². The van der Waals surface area contributed by atoms with Crippen molar-refractivity contribution in [1.29, 1.82) is 0 Å². The van der Waals surface area contributed by atoms with E-state index in [1.165, 1.54) is 11.6 Å². The second-order valence-corrected chi connectivity index (χ2v) is 4.86. The Morgan fingerprint density at radius 1 is 1.25 bits per heavy atom. The van der Waals surface area contributed by atoms with Gasteiger partial charge in [-0.1, -0.05) is 12.1 Å². The van der Waals surface area contributed by atoms with E-state index >= 15 is 0 Å². The van der Waals surface area contributed by atoms with Crippen LogP contribution < -0.4 is 14.8 Å². The quantitative estimate of drug-likeness (QED) is 0.774. The number of carbonyl (C=O) groups is 1. The van der Waals surface area contributed by atoms with Crippen molar-refractivity contribution < 1.29 is 19.0 Å². The van der Waals surface area contributed by atoms with E-state index in [2.05, 4.69) is 20.1 Å². The summed E-state index contributed by atoms with van der Waals surface area (Å²) in [6, 6.07) is 11.1. The van der Waals surface area contributed by atoms with Gasteiger partial charge in [0.1, 0.15) is 12.4 Å². The van der Waals surface area contributed by atoms with Gasteiger partial charge in [-0.05, 0) is 23.8 Å². The van der Waals surface area contributed by atoms with Crippen molar-refractivity contribution >= 4 is 17.6 Å². The molecule has 0 fully saturated rings. The SMILES string of the molecule is COC(=O)Nc1cn2nc(OCc3cccc(OC)c3)ccc2n1. The zero-order valence-electron chi connectivity index (χ0n) is 13.2. The fraction of sp³-hybridized carbons (Fsp3) is 0.188. The number of hydrogen-bond acceptors (Lipinski definition) is 6. The molecule has 0 aliphatic carbocycles. The summed E-state index contributed by atoms with van der Waals surface area (Å²) in [6.45, 7) is 0.359. The molecule has 1 amide bonds. The number of fused-ring (bicyclic) bond motifs is 1. The lowest BCUT2D eigenvalue weighted by molar-refractivity contribution is 0.187. The number of nitrogens with one attached hydrogen (secondary N) is 1. The molecule has 1 aromatic carbocycles. The van der Waals surface area contributed by atoms with Gasteiger partial charge in [-0.25, -0.2) is 14.3 Å². The molecule has 0 unspecified atom stereocenters. The first-order valence-electron chi connectivity index (χ1n) is 7.15. The minimum atomic E-state index is -0.590. The zero-order valence-corrected chi connectivity index (χ0v) is 13.2. The molecule has 24 heavy (non-hydrogen) atoms. The number of amides is 1. The standard InChI is InChI=1S/C16H16N4O4/c1-22-12-5-3-4-11(8-12)10-24-15-7-6-14-17-13(9-20(14)19-15)18-16(21)23-2/h3-9H,10H2,1-2H3,(H,18,21). The Bertz CT molecular complexity index is 862. The summed E-state index contributed by atoms with van der Waals surface area (Å²) in [5.41, 5.74) is 1.55. The molecule has 2 heterocycles. The summed E-state index contributed by atoms with van der Waals surface area (Å²) >= 11 is 0. The predicted molar refractivity (Wildman–Crippen MR) is 86.3 cm³/mol. The maximum absolute atomic E-state index is 11.2. The molecule has 0 radical (unpaired) electrons. The monoisotopic (exact) mass is 328 g/mol. The van der Waals surface area contributed by atoms with E-state index in [0.29, 0.717) is 24.0 Å². The molecular weight excluding hydrogens is 312 g/mol. The first-order valence-corrected chi connectivity index (χ1v) is 7.15. The number of benzene rings is 1. The molecule has 0 saturated heterocycles.